The molecule has 3 rings (SSSR count). The molecule has 1 fully saturated rings. The van der Waals surface area contributed by atoms with E-state index in [1.165, 1.54) is 0 Å². The lowest BCUT2D eigenvalue weighted by atomic mass is 10.0. The molecule has 2 heterocycles. The third-order valence-electron chi connectivity index (χ3n) is 4.77. The molecule has 8 heteroatoms. The van der Waals surface area contributed by atoms with Crippen LogP contribution in [0.5, 0.6) is 0 Å². The third-order valence-corrected chi connectivity index (χ3v) is 4.77. The molecule has 1 aliphatic rings. The number of halogens is 1. The summed E-state index contributed by atoms with van der Waals surface area (Å²) in [6, 6.07) is 7.28. The molecular weight excluding hydrogens is 366 g/mol. The van der Waals surface area contributed by atoms with Gasteiger partial charge in [0.25, 0.3) is 5.91 Å². The summed E-state index contributed by atoms with van der Waals surface area (Å²) in [4.78, 5) is 19.4. The quantitative estimate of drug-likeness (QED) is 0.812. The van der Waals surface area contributed by atoms with Gasteiger partial charge in [0.05, 0.1) is 6.04 Å². The number of benzene rings is 1. The molecule has 2 atom stereocenters. The molecule has 1 aliphatic heterocycles. The van der Waals surface area contributed by atoms with Crippen LogP contribution < -0.4 is 10.6 Å². The highest BCUT2D eigenvalue weighted by molar-refractivity contribution is 5.94. The Morgan fingerprint density at radius 3 is 2.85 bits per heavy atom. The van der Waals surface area contributed by atoms with Crippen LogP contribution in [0.4, 0.5) is 0 Å². The second kappa shape index (κ2) is 9.30. The first-order chi connectivity index (χ1) is 12.5. The van der Waals surface area contributed by atoms with Crippen LogP contribution in [0.15, 0.2) is 28.8 Å². The Morgan fingerprint density at radius 2 is 2.19 bits per heavy atom. The monoisotopic (exact) mass is 393 g/mol. The van der Waals surface area contributed by atoms with E-state index >= 15 is 0 Å². The summed E-state index contributed by atoms with van der Waals surface area (Å²) in [6.07, 6.45) is 0. The number of hydrogen-bond acceptors (Lipinski definition) is 6. The highest BCUT2D eigenvalue weighted by Gasteiger charge is 2.29. The highest BCUT2D eigenvalue weighted by Crippen LogP contribution is 2.24. The number of aryl methyl sites for hydroxylation is 1. The molecule has 27 heavy (non-hydrogen) atoms. The van der Waals surface area contributed by atoms with Crippen LogP contribution in [0, 0.1) is 12.8 Å². The fourth-order valence-corrected chi connectivity index (χ4v) is 3.13. The molecule has 0 saturated carbocycles. The first kappa shape index (κ1) is 21.3. The number of aromatic nitrogens is 2. The molecule has 7 nitrogen and oxygen atoms in total. The number of piperazine rings is 1. The van der Waals surface area contributed by atoms with E-state index in [1.807, 2.05) is 45.0 Å². The van der Waals surface area contributed by atoms with Crippen molar-refractivity contribution >= 4 is 18.3 Å². The van der Waals surface area contributed by atoms with Gasteiger partial charge >= 0.3 is 0 Å². The maximum atomic E-state index is 12.6. The fourth-order valence-electron chi connectivity index (χ4n) is 3.13. The second-order valence-electron chi connectivity index (χ2n) is 7.26. The van der Waals surface area contributed by atoms with E-state index < -0.39 is 0 Å². The van der Waals surface area contributed by atoms with Gasteiger partial charge in [-0.15, -0.1) is 12.4 Å². The zero-order chi connectivity index (χ0) is 18.7. The average Bonchev–Trinajstić information content (AvgIpc) is 3.09. The Bertz CT molecular complexity index is 764. The molecule has 1 aromatic carbocycles. The van der Waals surface area contributed by atoms with Crippen LogP contribution in [0.25, 0.3) is 0 Å². The van der Waals surface area contributed by atoms with Crippen molar-refractivity contribution in [1.82, 2.24) is 25.7 Å². The SMILES string of the molecule is Cc1cccc(C(=O)NC(c2nc(C3CNCCN3C)no2)C(C)C)c1.Cl. The van der Waals surface area contributed by atoms with Crippen molar-refractivity contribution in [3.05, 3.63) is 47.1 Å². The van der Waals surface area contributed by atoms with Crippen LogP contribution in [0.3, 0.4) is 0 Å². The lowest BCUT2D eigenvalue weighted by Gasteiger charge is -2.30. The summed E-state index contributed by atoms with van der Waals surface area (Å²) in [6.45, 7) is 8.71. The Morgan fingerprint density at radius 1 is 1.41 bits per heavy atom. The van der Waals surface area contributed by atoms with E-state index in [9.17, 15) is 4.79 Å². The molecular formula is C19H28ClN5O2. The van der Waals surface area contributed by atoms with Gasteiger partial charge in [0.2, 0.25) is 5.89 Å². The maximum Gasteiger partial charge on any atom is 0.251 e. The van der Waals surface area contributed by atoms with E-state index in [0.29, 0.717) is 17.3 Å². The van der Waals surface area contributed by atoms with Crippen molar-refractivity contribution < 1.29 is 9.32 Å². The Balaban J connectivity index is 0.00000261. The number of nitrogens with one attached hydrogen (secondary N) is 2. The summed E-state index contributed by atoms with van der Waals surface area (Å²) in [5, 5.41) is 10.6. The number of amides is 1. The fraction of sp³-hybridized carbons (Fsp3) is 0.526. The van der Waals surface area contributed by atoms with E-state index in [1.54, 1.807) is 0 Å². The predicted octanol–water partition coefficient (Wildman–Crippen LogP) is 2.50. The van der Waals surface area contributed by atoms with Crippen molar-refractivity contribution in [3.63, 3.8) is 0 Å². The van der Waals surface area contributed by atoms with Crippen molar-refractivity contribution in [1.29, 1.82) is 0 Å². The van der Waals surface area contributed by atoms with Crippen LogP contribution in [-0.4, -0.2) is 47.6 Å². The van der Waals surface area contributed by atoms with Gasteiger partial charge < -0.3 is 15.2 Å². The highest BCUT2D eigenvalue weighted by atomic mass is 35.5. The molecule has 1 saturated heterocycles. The summed E-state index contributed by atoms with van der Waals surface area (Å²) in [5.41, 5.74) is 1.68. The third kappa shape index (κ3) is 5.06. The molecule has 0 spiro atoms. The number of carbonyl (C=O) groups is 1. The summed E-state index contributed by atoms with van der Waals surface area (Å²) in [7, 11) is 2.06. The van der Waals surface area contributed by atoms with Gasteiger partial charge in [-0.25, -0.2) is 0 Å². The predicted molar refractivity (Wildman–Crippen MR) is 106 cm³/mol. The van der Waals surface area contributed by atoms with Gasteiger partial charge in [0.15, 0.2) is 5.82 Å². The molecule has 1 aromatic heterocycles. The van der Waals surface area contributed by atoms with Crippen LogP contribution in [0.1, 0.15) is 53.6 Å². The van der Waals surface area contributed by atoms with Crippen LogP contribution in [-0.2, 0) is 0 Å². The molecule has 2 N–H and O–H groups in total. The zero-order valence-electron chi connectivity index (χ0n) is 16.2. The first-order valence-corrected chi connectivity index (χ1v) is 9.07. The van der Waals surface area contributed by atoms with Gasteiger partial charge in [-0.1, -0.05) is 36.7 Å². The number of nitrogens with zero attached hydrogens (tertiary/aromatic N) is 3. The number of likely N-dealkylation sites (N-methyl/N-ethyl adjacent to an activating group) is 1. The zero-order valence-corrected chi connectivity index (χ0v) is 17.0. The molecule has 0 aliphatic carbocycles. The van der Waals surface area contributed by atoms with E-state index in [4.69, 9.17) is 4.52 Å². The van der Waals surface area contributed by atoms with Crippen LogP contribution in [0.2, 0.25) is 0 Å². The number of carbonyl (C=O) groups excluding carboxylic acids is 1. The van der Waals surface area contributed by atoms with E-state index in [2.05, 4.69) is 32.7 Å². The van der Waals surface area contributed by atoms with Gasteiger partial charge in [-0.2, -0.15) is 4.98 Å². The lowest BCUT2D eigenvalue weighted by molar-refractivity contribution is 0.0914. The van der Waals surface area contributed by atoms with Gasteiger partial charge in [0, 0.05) is 25.2 Å². The largest absolute Gasteiger partial charge is 0.340 e. The molecule has 2 aromatic rings. The van der Waals surface area contributed by atoms with Crippen molar-refractivity contribution in [2.24, 2.45) is 5.92 Å². The molecule has 1 amide bonds. The minimum atomic E-state index is -0.328. The van der Waals surface area contributed by atoms with Crippen molar-refractivity contribution in [2.75, 3.05) is 26.7 Å². The maximum absolute atomic E-state index is 12.6. The number of rotatable bonds is 5. The van der Waals surface area contributed by atoms with Gasteiger partial charge in [-0.05, 0) is 32.0 Å². The number of hydrogen-bond donors (Lipinski definition) is 2. The minimum Gasteiger partial charge on any atom is -0.340 e. The topological polar surface area (TPSA) is 83.3 Å². The smallest absolute Gasteiger partial charge is 0.251 e. The van der Waals surface area contributed by atoms with Crippen LogP contribution >= 0.6 is 12.4 Å². The normalized spacial score (nSPS) is 18.8. The Hall–Kier alpha value is -1.96. The molecule has 0 bridgehead atoms. The van der Waals surface area contributed by atoms with Gasteiger partial charge in [-0.3, -0.25) is 9.69 Å². The van der Waals surface area contributed by atoms with Gasteiger partial charge in [0.1, 0.15) is 6.04 Å². The Kier molecular flexibility index (Phi) is 7.35. The average molecular weight is 394 g/mol. The summed E-state index contributed by atoms with van der Waals surface area (Å²) >= 11 is 0. The van der Waals surface area contributed by atoms with Crippen molar-refractivity contribution in [3.8, 4) is 0 Å². The molecule has 148 valence electrons. The molecule has 2 unspecified atom stereocenters. The summed E-state index contributed by atoms with van der Waals surface area (Å²) in [5.74, 6) is 1.10. The Labute approximate surface area is 166 Å². The summed E-state index contributed by atoms with van der Waals surface area (Å²) < 4.78 is 5.52. The molecule has 0 radical (unpaired) electrons. The van der Waals surface area contributed by atoms with E-state index in [-0.39, 0.29) is 36.3 Å². The minimum absolute atomic E-state index is 0. The van der Waals surface area contributed by atoms with E-state index in [0.717, 1.165) is 25.2 Å². The van der Waals surface area contributed by atoms with Crippen molar-refractivity contribution in [2.45, 2.75) is 32.9 Å². The second-order valence-corrected chi connectivity index (χ2v) is 7.26. The first-order valence-electron chi connectivity index (χ1n) is 9.07. The lowest BCUT2D eigenvalue weighted by Crippen LogP contribution is -2.44. The standard InChI is InChI=1S/C19H27N5O2.ClH/c1-12(2)16(21-18(25)14-7-5-6-13(3)10-14)19-22-17(23-26-19)15-11-20-8-9-24(15)4;/h5-7,10,12,15-16,20H,8-9,11H2,1-4H3,(H,21,25);1H.